The Kier molecular flexibility index (Phi) is 3.62. The van der Waals surface area contributed by atoms with Gasteiger partial charge in [-0.05, 0) is 38.4 Å². The van der Waals surface area contributed by atoms with E-state index in [0.29, 0.717) is 0 Å². The maximum atomic E-state index is 9.75. The molecule has 0 saturated carbocycles. The van der Waals surface area contributed by atoms with E-state index in [0.717, 1.165) is 13.1 Å². The molecule has 1 saturated heterocycles. The lowest BCUT2D eigenvalue weighted by molar-refractivity contribution is 0.0260. The van der Waals surface area contributed by atoms with Crippen molar-refractivity contribution in [2.45, 2.75) is 31.7 Å². The van der Waals surface area contributed by atoms with Crippen LogP contribution in [0.1, 0.15) is 31.7 Å². The molecule has 0 aromatic heterocycles. The summed E-state index contributed by atoms with van der Waals surface area (Å²) in [5, 5.41) is 9.75. The highest BCUT2D eigenvalue weighted by Crippen LogP contribution is 2.30. The van der Waals surface area contributed by atoms with Crippen LogP contribution in [0.3, 0.4) is 0 Å². The zero-order valence-electron chi connectivity index (χ0n) is 10.0. The van der Waals surface area contributed by atoms with Crippen molar-refractivity contribution in [1.82, 2.24) is 4.90 Å². The topological polar surface area (TPSA) is 23.5 Å². The van der Waals surface area contributed by atoms with Gasteiger partial charge >= 0.3 is 0 Å². The lowest BCUT2D eigenvalue weighted by atomic mass is 9.89. The summed E-state index contributed by atoms with van der Waals surface area (Å²) in [4.78, 5) is 2.42. The van der Waals surface area contributed by atoms with Gasteiger partial charge in [-0.25, -0.2) is 0 Å². The van der Waals surface area contributed by atoms with E-state index in [1.165, 1.54) is 24.8 Å². The van der Waals surface area contributed by atoms with Gasteiger partial charge in [0.1, 0.15) is 0 Å². The lowest BCUT2D eigenvalue weighted by Gasteiger charge is -2.42. The number of likely N-dealkylation sites (tertiary alicyclic amines) is 1. The van der Waals surface area contributed by atoms with Crippen molar-refractivity contribution in [3.8, 4) is 0 Å². The molecule has 2 rings (SSSR count). The van der Waals surface area contributed by atoms with Crippen LogP contribution >= 0.6 is 0 Å². The number of benzene rings is 1. The van der Waals surface area contributed by atoms with E-state index >= 15 is 0 Å². The van der Waals surface area contributed by atoms with E-state index in [1.807, 2.05) is 18.2 Å². The first kappa shape index (κ1) is 11.6. The van der Waals surface area contributed by atoms with Crippen molar-refractivity contribution in [2.24, 2.45) is 0 Å². The van der Waals surface area contributed by atoms with Crippen molar-refractivity contribution < 1.29 is 5.11 Å². The highest BCUT2D eigenvalue weighted by atomic mass is 16.3. The van der Waals surface area contributed by atoms with Crippen molar-refractivity contribution in [3.05, 3.63) is 35.9 Å². The molecule has 0 amide bonds. The zero-order chi connectivity index (χ0) is 11.4. The third kappa shape index (κ3) is 2.13. The van der Waals surface area contributed by atoms with Crippen LogP contribution in [0.4, 0.5) is 0 Å². The van der Waals surface area contributed by atoms with Gasteiger partial charge in [-0.15, -0.1) is 0 Å². The van der Waals surface area contributed by atoms with Crippen molar-refractivity contribution >= 4 is 0 Å². The summed E-state index contributed by atoms with van der Waals surface area (Å²) in [6, 6.07) is 10.4. The Labute approximate surface area is 97.9 Å². The van der Waals surface area contributed by atoms with Gasteiger partial charge in [-0.2, -0.15) is 0 Å². The van der Waals surface area contributed by atoms with Crippen LogP contribution in [-0.2, 0) is 5.54 Å². The molecule has 1 aliphatic heterocycles. The molecule has 88 valence electrons. The predicted octanol–water partition coefficient (Wildman–Crippen LogP) is 2.38. The molecule has 0 radical (unpaired) electrons. The number of aliphatic hydroxyl groups is 1. The van der Waals surface area contributed by atoms with Gasteiger partial charge in [0.2, 0.25) is 0 Å². The first-order valence-corrected chi connectivity index (χ1v) is 6.19. The summed E-state index contributed by atoms with van der Waals surface area (Å²) in [5.74, 6) is 0. The summed E-state index contributed by atoms with van der Waals surface area (Å²) in [6.45, 7) is 4.54. The maximum Gasteiger partial charge on any atom is 0.0665 e. The van der Waals surface area contributed by atoms with E-state index in [2.05, 4.69) is 24.0 Å². The monoisotopic (exact) mass is 219 g/mol. The molecule has 1 aliphatic rings. The Balaban J connectivity index is 2.24. The fraction of sp³-hybridized carbons (Fsp3) is 0.571. The fourth-order valence-corrected chi connectivity index (χ4v) is 2.56. The minimum atomic E-state index is -0.207. The van der Waals surface area contributed by atoms with Crippen molar-refractivity contribution in [3.63, 3.8) is 0 Å². The summed E-state index contributed by atoms with van der Waals surface area (Å²) < 4.78 is 0. The second-order valence-electron chi connectivity index (χ2n) is 4.85. The van der Waals surface area contributed by atoms with E-state index in [4.69, 9.17) is 0 Å². The largest absolute Gasteiger partial charge is 0.394 e. The van der Waals surface area contributed by atoms with Crippen LogP contribution in [0.15, 0.2) is 30.3 Å². The second kappa shape index (κ2) is 4.98. The van der Waals surface area contributed by atoms with Gasteiger partial charge in [0, 0.05) is 0 Å². The molecule has 1 atom stereocenters. The van der Waals surface area contributed by atoms with Gasteiger partial charge in [-0.3, -0.25) is 4.90 Å². The molecular weight excluding hydrogens is 198 g/mol. The van der Waals surface area contributed by atoms with Gasteiger partial charge < -0.3 is 5.11 Å². The van der Waals surface area contributed by atoms with E-state index in [1.54, 1.807) is 0 Å². The second-order valence-corrected chi connectivity index (χ2v) is 4.85. The minimum absolute atomic E-state index is 0.191. The average Bonchev–Trinajstić information content (AvgIpc) is 2.40. The molecule has 16 heavy (non-hydrogen) atoms. The third-order valence-corrected chi connectivity index (χ3v) is 3.76. The molecule has 2 heteroatoms. The Morgan fingerprint density at radius 3 is 2.31 bits per heavy atom. The molecule has 0 aliphatic carbocycles. The highest BCUT2D eigenvalue weighted by Gasteiger charge is 2.33. The molecular formula is C14H21NO. The number of rotatable bonds is 3. The zero-order valence-corrected chi connectivity index (χ0v) is 10.0. The average molecular weight is 219 g/mol. The standard InChI is InChI=1S/C14H21NO/c1-14(12-16,13-8-4-2-5-9-13)15-10-6-3-7-11-15/h2,4-5,8-9,16H,3,6-7,10-12H2,1H3/t14-/m1/s1. The molecule has 0 unspecified atom stereocenters. The summed E-state index contributed by atoms with van der Waals surface area (Å²) in [5.41, 5.74) is 1.02. The Morgan fingerprint density at radius 2 is 1.75 bits per heavy atom. The molecule has 1 heterocycles. The third-order valence-electron chi connectivity index (χ3n) is 3.76. The van der Waals surface area contributed by atoms with E-state index in [-0.39, 0.29) is 12.1 Å². The number of hydrogen-bond donors (Lipinski definition) is 1. The van der Waals surface area contributed by atoms with Crippen molar-refractivity contribution in [2.75, 3.05) is 19.7 Å². The molecule has 1 aromatic carbocycles. The SMILES string of the molecule is C[C@@](CO)(c1ccccc1)N1CCCCC1. The molecule has 1 fully saturated rings. The minimum Gasteiger partial charge on any atom is -0.394 e. The van der Waals surface area contributed by atoms with Gasteiger partial charge in [0.25, 0.3) is 0 Å². The lowest BCUT2D eigenvalue weighted by Crippen LogP contribution is -2.49. The molecule has 0 spiro atoms. The molecule has 0 bridgehead atoms. The van der Waals surface area contributed by atoms with Crippen LogP contribution in [-0.4, -0.2) is 29.7 Å². The Bertz CT molecular complexity index is 319. The number of nitrogens with zero attached hydrogens (tertiary/aromatic N) is 1. The van der Waals surface area contributed by atoms with Gasteiger partial charge in [0.05, 0.1) is 12.1 Å². The van der Waals surface area contributed by atoms with Gasteiger partial charge in [0.15, 0.2) is 0 Å². The van der Waals surface area contributed by atoms with E-state index in [9.17, 15) is 5.11 Å². The van der Waals surface area contributed by atoms with Crippen LogP contribution in [0.2, 0.25) is 0 Å². The van der Waals surface area contributed by atoms with Crippen LogP contribution in [0, 0.1) is 0 Å². The predicted molar refractivity (Wildman–Crippen MR) is 66.3 cm³/mol. The molecule has 1 aromatic rings. The van der Waals surface area contributed by atoms with Crippen LogP contribution < -0.4 is 0 Å². The maximum absolute atomic E-state index is 9.75. The molecule has 2 nitrogen and oxygen atoms in total. The number of piperidine rings is 1. The first-order chi connectivity index (χ1) is 7.77. The van der Waals surface area contributed by atoms with Gasteiger partial charge in [-0.1, -0.05) is 36.8 Å². The first-order valence-electron chi connectivity index (χ1n) is 6.19. The van der Waals surface area contributed by atoms with Crippen molar-refractivity contribution in [1.29, 1.82) is 0 Å². The normalized spacial score (nSPS) is 21.6. The number of aliphatic hydroxyl groups excluding tert-OH is 1. The fourth-order valence-electron chi connectivity index (χ4n) is 2.56. The van der Waals surface area contributed by atoms with E-state index < -0.39 is 0 Å². The molecule has 1 N–H and O–H groups in total. The summed E-state index contributed by atoms with van der Waals surface area (Å²) in [6.07, 6.45) is 3.83. The summed E-state index contributed by atoms with van der Waals surface area (Å²) in [7, 11) is 0. The number of hydrogen-bond acceptors (Lipinski definition) is 2. The highest BCUT2D eigenvalue weighted by molar-refractivity contribution is 5.24. The smallest absolute Gasteiger partial charge is 0.0665 e. The summed E-state index contributed by atoms with van der Waals surface area (Å²) >= 11 is 0. The van der Waals surface area contributed by atoms with Crippen LogP contribution in [0.25, 0.3) is 0 Å². The van der Waals surface area contributed by atoms with Crippen LogP contribution in [0.5, 0.6) is 0 Å². The Hall–Kier alpha value is -0.860. The quantitative estimate of drug-likeness (QED) is 0.843. The Morgan fingerprint density at radius 1 is 1.12 bits per heavy atom.